The van der Waals surface area contributed by atoms with Gasteiger partial charge in [-0.3, -0.25) is 14.7 Å². The van der Waals surface area contributed by atoms with E-state index in [4.69, 9.17) is 4.74 Å². The first-order valence-electron chi connectivity index (χ1n) is 15.4. The normalized spacial score (nSPS) is 25.2. The monoisotopic (exact) mass is 580 g/mol. The van der Waals surface area contributed by atoms with Gasteiger partial charge >= 0.3 is 0 Å². The predicted molar refractivity (Wildman–Crippen MR) is 159 cm³/mol. The third-order valence-corrected chi connectivity index (χ3v) is 9.68. The van der Waals surface area contributed by atoms with Crippen LogP contribution in [0.5, 0.6) is 0 Å². The summed E-state index contributed by atoms with van der Waals surface area (Å²) < 4.78 is 35.2. The molecule has 2 saturated heterocycles. The van der Waals surface area contributed by atoms with Crippen molar-refractivity contribution in [3.63, 3.8) is 0 Å². The minimum Gasteiger partial charge on any atom is -0.370 e. The molecule has 0 aliphatic carbocycles. The number of hydrogen-bond acceptors (Lipinski definition) is 7. The van der Waals surface area contributed by atoms with Gasteiger partial charge in [-0.25, -0.2) is 13.8 Å². The minimum absolute atomic E-state index is 0.0146. The van der Waals surface area contributed by atoms with Crippen LogP contribution in [0.2, 0.25) is 0 Å². The zero-order chi connectivity index (χ0) is 29.4. The van der Waals surface area contributed by atoms with Crippen molar-refractivity contribution in [1.29, 1.82) is 0 Å². The van der Waals surface area contributed by atoms with Gasteiger partial charge in [0.25, 0.3) is 6.43 Å². The molecule has 42 heavy (non-hydrogen) atoms. The van der Waals surface area contributed by atoms with Crippen LogP contribution in [-0.2, 0) is 22.4 Å². The van der Waals surface area contributed by atoms with E-state index in [0.717, 1.165) is 56.7 Å². The van der Waals surface area contributed by atoms with Crippen LogP contribution in [0.4, 0.5) is 20.3 Å². The Hall–Kier alpha value is -3.11. The van der Waals surface area contributed by atoms with Gasteiger partial charge in [0.1, 0.15) is 11.5 Å². The molecule has 0 radical (unpaired) electrons. The van der Waals surface area contributed by atoms with Crippen molar-refractivity contribution in [2.24, 2.45) is 0 Å². The van der Waals surface area contributed by atoms with Crippen molar-refractivity contribution in [2.45, 2.75) is 70.6 Å². The highest BCUT2D eigenvalue weighted by atomic mass is 19.3. The molecule has 4 aliphatic heterocycles. The van der Waals surface area contributed by atoms with Crippen molar-refractivity contribution in [2.75, 3.05) is 62.2 Å². The van der Waals surface area contributed by atoms with E-state index in [1.165, 1.54) is 17.2 Å². The fourth-order valence-corrected chi connectivity index (χ4v) is 7.31. The van der Waals surface area contributed by atoms with Crippen LogP contribution < -0.4 is 9.80 Å². The predicted octanol–water partition coefficient (Wildman–Crippen LogP) is 4.48. The Labute approximate surface area is 247 Å². The van der Waals surface area contributed by atoms with E-state index < -0.39 is 6.43 Å². The number of nitrogens with zero attached hydrogens (tertiary/aromatic N) is 6. The van der Waals surface area contributed by atoms with Gasteiger partial charge in [0.05, 0.1) is 18.4 Å². The highest BCUT2D eigenvalue weighted by molar-refractivity contribution is 5.87. The fraction of sp³-hybridized carbons (Fsp3) is 0.594. The summed E-state index contributed by atoms with van der Waals surface area (Å²) >= 11 is 0. The van der Waals surface area contributed by atoms with Gasteiger partial charge in [0, 0.05) is 81.4 Å². The molecule has 3 atom stereocenters. The zero-order valence-corrected chi connectivity index (χ0v) is 24.8. The summed E-state index contributed by atoms with van der Waals surface area (Å²) in [5.74, 6) is 0.601. The second kappa shape index (κ2) is 12.2. The second-order valence-electron chi connectivity index (χ2n) is 12.0. The third-order valence-electron chi connectivity index (χ3n) is 9.68. The van der Waals surface area contributed by atoms with Crippen LogP contribution in [0.25, 0.3) is 0 Å². The number of piperazine rings is 1. The van der Waals surface area contributed by atoms with E-state index in [1.54, 1.807) is 0 Å². The summed E-state index contributed by atoms with van der Waals surface area (Å²) in [5, 5.41) is 0. The van der Waals surface area contributed by atoms with Crippen molar-refractivity contribution < 1.29 is 18.3 Å². The molecule has 6 rings (SSSR count). The molecule has 226 valence electrons. The lowest BCUT2D eigenvalue weighted by Gasteiger charge is -2.55. The quantitative estimate of drug-likeness (QED) is 0.495. The maximum Gasteiger partial charge on any atom is 0.280 e. The number of aromatic nitrogens is 2. The van der Waals surface area contributed by atoms with Gasteiger partial charge in [-0.05, 0) is 69.2 Å². The molecule has 2 fully saturated rings. The Balaban J connectivity index is 1.23. The van der Waals surface area contributed by atoms with Crippen LogP contribution in [0.15, 0.2) is 31.0 Å². The molecule has 0 bridgehead atoms. The van der Waals surface area contributed by atoms with Crippen molar-refractivity contribution in [3.05, 3.63) is 59.1 Å². The molecule has 2 aromatic heterocycles. The maximum atomic E-state index is 14.5. The van der Waals surface area contributed by atoms with Gasteiger partial charge in [0.2, 0.25) is 5.91 Å². The summed E-state index contributed by atoms with van der Waals surface area (Å²) in [6.45, 7) is 13.4. The van der Waals surface area contributed by atoms with E-state index in [-0.39, 0.29) is 23.7 Å². The summed E-state index contributed by atoms with van der Waals surface area (Å²) in [7, 11) is 0. The lowest BCUT2D eigenvalue weighted by Crippen LogP contribution is -2.69. The molecule has 0 saturated carbocycles. The number of amides is 1. The fourth-order valence-electron chi connectivity index (χ4n) is 7.31. The number of carbonyl (C=O) groups excluding carboxylic acids is 1. The first kappa shape index (κ1) is 29.0. The van der Waals surface area contributed by atoms with Gasteiger partial charge in [-0.15, -0.1) is 0 Å². The van der Waals surface area contributed by atoms with Crippen LogP contribution in [0, 0.1) is 6.92 Å². The van der Waals surface area contributed by atoms with E-state index in [1.807, 2.05) is 24.1 Å². The molecule has 0 N–H and O–H groups in total. The molecule has 4 aliphatic rings. The van der Waals surface area contributed by atoms with Crippen LogP contribution in [0.1, 0.15) is 66.8 Å². The molecule has 0 unspecified atom stereocenters. The molecule has 8 nitrogen and oxygen atoms in total. The molecule has 0 spiro atoms. The number of ether oxygens (including phenoxy) is 1. The lowest BCUT2D eigenvalue weighted by atomic mass is 9.90. The number of pyridine rings is 2. The lowest BCUT2D eigenvalue weighted by molar-refractivity contribution is -0.128. The number of rotatable bonds is 4. The van der Waals surface area contributed by atoms with E-state index in [0.29, 0.717) is 56.6 Å². The Morgan fingerprint density at radius 1 is 1.10 bits per heavy atom. The Morgan fingerprint density at radius 3 is 2.64 bits per heavy atom. The van der Waals surface area contributed by atoms with Crippen molar-refractivity contribution >= 4 is 17.4 Å². The summed E-state index contributed by atoms with van der Waals surface area (Å²) in [6, 6.07) is 4.75. The van der Waals surface area contributed by atoms with Crippen LogP contribution in [0.3, 0.4) is 0 Å². The summed E-state index contributed by atoms with van der Waals surface area (Å²) in [6.07, 6.45) is 4.65. The molecular weight excluding hydrogens is 538 g/mol. The number of aryl methyl sites for hydroxylation is 1. The first-order valence-corrected chi connectivity index (χ1v) is 15.4. The Bertz CT molecular complexity index is 1310. The maximum absolute atomic E-state index is 14.5. The number of alkyl halides is 2. The van der Waals surface area contributed by atoms with E-state index >= 15 is 0 Å². The highest BCUT2D eigenvalue weighted by Crippen LogP contribution is 2.43. The van der Waals surface area contributed by atoms with E-state index in [2.05, 4.69) is 44.2 Å². The average molecular weight is 581 g/mol. The molecule has 0 aromatic carbocycles. The Kier molecular flexibility index (Phi) is 8.45. The van der Waals surface area contributed by atoms with Crippen molar-refractivity contribution in [3.8, 4) is 0 Å². The molecule has 2 aromatic rings. The number of hydrogen-bond donors (Lipinski definition) is 0. The second-order valence-corrected chi connectivity index (χ2v) is 12.0. The molecule has 6 heterocycles. The third kappa shape index (κ3) is 5.51. The molecular formula is C32H42F2N6O2. The molecule has 10 heteroatoms. The Morgan fingerprint density at radius 2 is 1.88 bits per heavy atom. The molecule has 1 amide bonds. The smallest absolute Gasteiger partial charge is 0.280 e. The largest absolute Gasteiger partial charge is 0.370 e. The van der Waals surface area contributed by atoms with Gasteiger partial charge < -0.3 is 19.4 Å². The highest BCUT2D eigenvalue weighted by Gasteiger charge is 2.45. The number of fused-ring (bicyclic) bond motifs is 4. The van der Waals surface area contributed by atoms with Crippen molar-refractivity contribution in [1.82, 2.24) is 19.8 Å². The average Bonchev–Trinajstić information content (AvgIpc) is 3.12. The van der Waals surface area contributed by atoms with E-state index in [9.17, 15) is 13.6 Å². The van der Waals surface area contributed by atoms with Crippen LogP contribution in [-0.4, -0.2) is 90.2 Å². The topological polar surface area (TPSA) is 65.0 Å². The van der Waals surface area contributed by atoms with Gasteiger partial charge in [0.15, 0.2) is 0 Å². The van der Waals surface area contributed by atoms with Crippen LogP contribution >= 0.6 is 0 Å². The SMILES string of the molecule is C=CC(=O)N1CCN([C@@H]2CN3c4cc(N5CCCc6c(C)ccnc6[C@@H](C)OCC5)nc(C(F)F)c4CCC[C@@H]23)CC1. The van der Waals surface area contributed by atoms with Gasteiger partial charge in [-0.1, -0.05) is 6.58 Å². The number of carbonyl (C=O) groups is 1. The first-order chi connectivity index (χ1) is 20.4. The van der Waals surface area contributed by atoms with Gasteiger partial charge in [-0.2, -0.15) is 0 Å². The number of anilines is 2. The summed E-state index contributed by atoms with van der Waals surface area (Å²) in [5.41, 5.74) is 4.99. The minimum atomic E-state index is -2.62. The summed E-state index contributed by atoms with van der Waals surface area (Å²) in [4.78, 5) is 30.1. The zero-order valence-electron chi connectivity index (χ0n) is 24.8. The standard InChI is InChI=1S/C32H42F2N6O2/c1-4-29(41)39-15-13-37(14-16-39)27-20-40-25(27)9-5-7-24-26(40)19-28(36-31(24)32(33)34)38-12-6-8-23-21(2)10-11-35-30(23)22(3)42-18-17-38/h4,10-11,19,22,25,27,32H,1,5-9,12-18,20H2,2-3H3/t22-,25+,27-/m1/s1. The number of halogens is 2.